The van der Waals surface area contributed by atoms with Gasteiger partial charge in [-0.05, 0) is 19.1 Å². The SMILES string of the molecule is CNc1c(CN(C)c2ccccc2)c(C)nn1C. The average molecular weight is 244 g/mol. The summed E-state index contributed by atoms with van der Waals surface area (Å²) >= 11 is 0. The van der Waals surface area contributed by atoms with Gasteiger partial charge in [0.25, 0.3) is 0 Å². The van der Waals surface area contributed by atoms with Gasteiger partial charge in [0, 0.05) is 38.9 Å². The van der Waals surface area contributed by atoms with Gasteiger partial charge in [-0.15, -0.1) is 0 Å². The van der Waals surface area contributed by atoms with Crippen molar-refractivity contribution in [3.8, 4) is 0 Å². The molecule has 0 aliphatic heterocycles. The molecule has 0 atom stereocenters. The molecule has 0 unspecified atom stereocenters. The summed E-state index contributed by atoms with van der Waals surface area (Å²) < 4.78 is 1.89. The number of anilines is 2. The highest BCUT2D eigenvalue weighted by Gasteiger charge is 2.13. The fraction of sp³-hybridized carbons (Fsp3) is 0.357. The van der Waals surface area contributed by atoms with Crippen molar-refractivity contribution in [1.82, 2.24) is 9.78 Å². The first-order valence-corrected chi connectivity index (χ1v) is 6.10. The van der Waals surface area contributed by atoms with E-state index in [1.807, 2.05) is 24.8 Å². The second-order valence-electron chi connectivity index (χ2n) is 4.48. The Labute approximate surface area is 108 Å². The van der Waals surface area contributed by atoms with Crippen molar-refractivity contribution in [3.05, 3.63) is 41.6 Å². The Morgan fingerprint density at radius 3 is 2.56 bits per heavy atom. The van der Waals surface area contributed by atoms with Gasteiger partial charge in [0.2, 0.25) is 0 Å². The maximum Gasteiger partial charge on any atom is 0.128 e. The standard InChI is InChI=1S/C14H20N4/c1-11-13(14(15-2)18(4)16-11)10-17(3)12-8-6-5-7-9-12/h5-9,15H,10H2,1-4H3. The van der Waals surface area contributed by atoms with Crippen molar-refractivity contribution in [2.45, 2.75) is 13.5 Å². The van der Waals surface area contributed by atoms with Crippen LogP contribution in [-0.4, -0.2) is 23.9 Å². The quantitative estimate of drug-likeness (QED) is 0.896. The van der Waals surface area contributed by atoms with Crippen molar-refractivity contribution in [3.63, 3.8) is 0 Å². The Kier molecular flexibility index (Phi) is 3.55. The molecule has 1 heterocycles. The lowest BCUT2D eigenvalue weighted by Gasteiger charge is -2.19. The van der Waals surface area contributed by atoms with Crippen LogP contribution in [0.3, 0.4) is 0 Å². The lowest BCUT2D eigenvalue weighted by Crippen LogP contribution is -2.17. The molecule has 2 aromatic rings. The molecule has 0 saturated carbocycles. The molecule has 0 saturated heterocycles. The maximum atomic E-state index is 4.46. The number of nitrogens with one attached hydrogen (secondary N) is 1. The first-order valence-electron chi connectivity index (χ1n) is 6.10. The minimum atomic E-state index is 0.847. The molecule has 0 amide bonds. The highest BCUT2D eigenvalue weighted by Crippen LogP contribution is 2.22. The Morgan fingerprint density at radius 2 is 1.94 bits per heavy atom. The Balaban J connectivity index is 2.24. The molecular formula is C14H20N4. The van der Waals surface area contributed by atoms with Crippen LogP contribution in [0, 0.1) is 6.92 Å². The molecule has 0 radical (unpaired) electrons. The fourth-order valence-corrected chi connectivity index (χ4v) is 2.21. The summed E-state index contributed by atoms with van der Waals surface area (Å²) in [6.45, 7) is 2.90. The third kappa shape index (κ3) is 2.32. The predicted octanol–water partition coefficient (Wildman–Crippen LogP) is 2.41. The maximum absolute atomic E-state index is 4.46. The zero-order valence-corrected chi connectivity index (χ0v) is 11.4. The molecule has 0 spiro atoms. The van der Waals surface area contributed by atoms with Crippen LogP contribution in [0.25, 0.3) is 0 Å². The highest BCUT2D eigenvalue weighted by molar-refractivity contribution is 5.52. The van der Waals surface area contributed by atoms with Gasteiger partial charge < -0.3 is 10.2 Å². The smallest absolute Gasteiger partial charge is 0.128 e. The number of nitrogens with zero attached hydrogens (tertiary/aromatic N) is 3. The van der Waals surface area contributed by atoms with Gasteiger partial charge in [-0.2, -0.15) is 5.10 Å². The summed E-state index contributed by atoms with van der Waals surface area (Å²) in [7, 11) is 5.99. The molecule has 2 rings (SSSR count). The van der Waals surface area contributed by atoms with Crippen LogP contribution in [0.5, 0.6) is 0 Å². The Morgan fingerprint density at radius 1 is 1.28 bits per heavy atom. The summed E-state index contributed by atoms with van der Waals surface area (Å²) in [6.07, 6.45) is 0. The van der Waals surface area contributed by atoms with E-state index in [9.17, 15) is 0 Å². The van der Waals surface area contributed by atoms with Crippen LogP contribution in [0.15, 0.2) is 30.3 Å². The molecule has 0 fully saturated rings. The molecule has 0 aliphatic rings. The third-order valence-electron chi connectivity index (χ3n) is 3.18. The number of benzene rings is 1. The van der Waals surface area contributed by atoms with Gasteiger partial charge in [0.1, 0.15) is 5.82 Å². The summed E-state index contributed by atoms with van der Waals surface area (Å²) in [5, 5.41) is 7.67. The van der Waals surface area contributed by atoms with E-state index in [1.54, 1.807) is 0 Å². The van der Waals surface area contributed by atoms with Crippen LogP contribution in [0.2, 0.25) is 0 Å². The minimum absolute atomic E-state index is 0.847. The van der Waals surface area contributed by atoms with Crippen LogP contribution < -0.4 is 10.2 Å². The number of hydrogen-bond acceptors (Lipinski definition) is 3. The second-order valence-corrected chi connectivity index (χ2v) is 4.48. The fourth-order valence-electron chi connectivity index (χ4n) is 2.21. The van der Waals surface area contributed by atoms with E-state index < -0.39 is 0 Å². The van der Waals surface area contributed by atoms with Crippen LogP contribution in [-0.2, 0) is 13.6 Å². The lowest BCUT2D eigenvalue weighted by molar-refractivity contribution is 0.763. The van der Waals surface area contributed by atoms with E-state index >= 15 is 0 Å². The number of aryl methyl sites for hydroxylation is 2. The summed E-state index contributed by atoms with van der Waals surface area (Å²) in [5.41, 5.74) is 3.53. The summed E-state index contributed by atoms with van der Waals surface area (Å²) in [5.74, 6) is 1.08. The average Bonchev–Trinajstić information content (AvgIpc) is 2.64. The molecule has 1 aromatic carbocycles. The molecule has 4 nitrogen and oxygen atoms in total. The van der Waals surface area contributed by atoms with Gasteiger partial charge in [0.15, 0.2) is 0 Å². The Bertz CT molecular complexity index is 516. The number of para-hydroxylation sites is 1. The zero-order valence-electron chi connectivity index (χ0n) is 11.4. The van der Waals surface area contributed by atoms with Crippen molar-refractivity contribution in [1.29, 1.82) is 0 Å². The van der Waals surface area contributed by atoms with Crippen molar-refractivity contribution in [2.24, 2.45) is 7.05 Å². The van der Waals surface area contributed by atoms with E-state index in [-0.39, 0.29) is 0 Å². The van der Waals surface area contributed by atoms with Crippen LogP contribution in [0.4, 0.5) is 11.5 Å². The molecular weight excluding hydrogens is 224 g/mol. The topological polar surface area (TPSA) is 33.1 Å². The van der Waals surface area contributed by atoms with E-state index in [2.05, 4.69) is 53.6 Å². The van der Waals surface area contributed by atoms with Crippen molar-refractivity contribution in [2.75, 3.05) is 24.3 Å². The molecule has 18 heavy (non-hydrogen) atoms. The van der Waals surface area contributed by atoms with Crippen LogP contribution >= 0.6 is 0 Å². The van der Waals surface area contributed by atoms with Crippen LogP contribution in [0.1, 0.15) is 11.3 Å². The van der Waals surface area contributed by atoms with Crippen molar-refractivity contribution >= 4 is 11.5 Å². The van der Waals surface area contributed by atoms with Gasteiger partial charge in [-0.25, -0.2) is 0 Å². The normalized spacial score (nSPS) is 10.4. The van der Waals surface area contributed by atoms with Gasteiger partial charge in [0.05, 0.1) is 5.69 Å². The van der Waals surface area contributed by atoms with Gasteiger partial charge in [-0.1, -0.05) is 18.2 Å². The second kappa shape index (κ2) is 5.12. The lowest BCUT2D eigenvalue weighted by atomic mass is 10.2. The van der Waals surface area contributed by atoms with Gasteiger partial charge in [-0.3, -0.25) is 4.68 Å². The van der Waals surface area contributed by atoms with Gasteiger partial charge >= 0.3 is 0 Å². The summed E-state index contributed by atoms with van der Waals surface area (Å²) in [4.78, 5) is 2.23. The van der Waals surface area contributed by atoms with Crippen molar-refractivity contribution < 1.29 is 0 Å². The first-order chi connectivity index (χ1) is 8.63. The predicted molar refractivity (Wildman–Crippen MR) is 76.0 cm³/mol. The molecule has 96 valence electrons. The third-order valence-corrected chi connectivity index (χ3v) is 3.18. The van der Waals surface area contributed by atoms with E-state index in [0.717, 1.165) is 18.1 Å². The number of hydrogen-bond donors (Lipinski definition) is 1. The first kappa shape index (κ1) is 12.5. The zero-order chi connectivity index (χ0) is 13.1. The largest absolute Gasteiger partial charge is 0.373 e. The molecule has 1 N–H and O–H groups in total. The van der Waals surface area contributed by atoms with E-state index in [4.69, 9.17) is 0 Å². The molecule has 0 bridgehead atoms. The number of aromatic nitrogens is 2. The summed E-state index contributed by atoms with van der Waals surface area (Å²) in [6, 6.07) is 10.4. The minimum Gasteiger partial charge on any atom is -0.373 e. The Hall–Kier alpha value is -1.97. The molecule has 0 aliphatic carbocycles. The monoisotopic (exact) mass is 244 g/mol. The van der Waals surface area contributed by atoms with E-state index in [1.165, 1.54) is 11.3 Å². The number of rotatable bonds is 4. The highest BCUT2D eigenvalue weighted by atomic mass is 15.3. The molecule has 4 heteroatoms. The molecule has 1 aromatic heterocycles. The van der Waals surface area contributed by atoms with E-state index in [0.29, 0.717) is 0 Å².